The Hall–Kier alpha value is -2.22. The van der Waals surface area contributed by atoms with Gasteiger partial charge in [0, 0.05) is 13.1 Å². The van der Waals surface area contributed by atoms with Crippen LogP contribution >= 0.6 is 11.3 Å². The van der Waals surface area contributed by atoms with Crippen LogP contribution in [0.25, 0.3) is 10.2 Å². The number of thiophene rings is 1. The van der Waals surface area contributed by atoms with Crippen molar-refractivity contribution in [3.8, 4) is 0 Å². The van der Waals surface area contributed by atoms with Crippen molar-refractivity contribution in [3.63, 3.8) is 0 Å². The van der Waals surface area contributed by atoms with Crippen LogP contribution in [0, 0.1) is 12.8 Å². The van der Waals surface area contributed by atoms with Crippen LogP contribution in [-0.2, 0) is 6.42 Å². The van der Waals surface area contributed by atoms with E-state index in [1.807, 2.05) is 6.92 Å². The molecular weight excluding hydrogens is 350 g/mol. The maximum Gasteiger partial charge on any atom is 0.434 e. The van der Waals surface area contributed by atoms with Crippen molar-refractivity contribution in [2.24, 2.45) is 5.92 Å². The lowest BCUT2D eigenvalue weighted by Crippen LogP contribution is -2.35. The first kappa shape index (κ1) is 17.2. The lowest BCUT2D eigenvalue weighted by molar-refractivity contribution is 0.384. The van der Waals surface area contributed by atoms with E-state index in [9.17, 15) is 4.79 Å². The molecule has 1 fully saturated rings. The van der Waals surface area contributed by atoms with Gasteiger partial charge in [0.15, 0.2) is 0 Å². The Kier molecular flexibility index (Phi) is 4.52. The molecule has 0 aliphatic carbocycles. The first-order valence-corrected chi connectivity index (χ1v) is 9.94. The predicted octanol–water partition coefficient (Wildman–Crippen LogP) is 3.26. The molecule has 1 aliphatic rings. The van der Waals surface area contributed by atoms with E-state index in [0.29, 0.717) is 11.8 Å². The Morgan fingerprint density at radius 2 is 2.27 bits per heavy atom. The van der Waals surface area contributed by atoms with Gasteiger partial charge in [-0.05, 0) is 43.0 Å². The fraction of sp³-hybridized carbons (Fsp3) is 0.556. The molecule has 4 heterocycles. The largest absolute Gasteiger partial charge is 0.434 e. The van der Waals surface area contributed by atoms with Crippen LogP contribution < -0.4 is 10.7 Å². The molecule has 8 heteroatoms. The normalized spacial score (nSPS) is 18.2. The third-order valence-corrected chi connectivity index (χ3v) is 5.68. The lowest BCUT2D eigenvalue weighted by Gasteiger charge is -2.32. The van der Waals surface area contributed by atoms with Crippen LogP contribution in [0.4, 0.5) is 5.82 Å². The third-order valence-electron chi connectivity index (χ3n) is 4.76. The first-order valence-electron chi connectivity index (χ1n) is 9.06. The number of hydrogen-bond donors (Lipinski definition) is 1. The summed E-state index contributed by atoms with van der Waals surface area (Å²) in [7, 11) is 0. The minimum Gasteiger partial charge on any atom is -0.392 e. The van der Waals surface area contributed by atoms with E-state index in [1.54, 1.807) is 11.3 Å². The Bertz CT molecular complexity index is 974. The minimum absolute atomic E-state index is 0.0974. The fourth-order valence-corrected chi connectivity index (χ4v) is 4.68. The summed E-state index contributed by atoms with van der Waals surface area (Å²) in [5, 5.41) is 9.80. The monoisotopic (exact) mass is 373 g/mol. The second-order valence-electron chi connectivity index (χ2n) is 7.37. The number of aryl methyl sites for hydroxylation is 1. The maximum absolute atomic E-state index is 11.3. The molecule has 0 saturated carbocycles. The average Bonchev–Trinajstić information content (AvgIpc) is 3.20. The van der Waals surface area contributed by atoms with Gasteiger partial charge in [-0.2, -0.15) is 0 Å². The Balaban J connectivity index is 1.72. The molecular formula is C18H23N5O2S. The number of aromatic amines is 1. The number of H-pyrrole nitrogens is 1. The van der Waals surface area contributed by atoms with Gasteiger partial charge >= 0.3 is 5.76 Å². The first-order chi connectivity index (χ1) is 12.5. The molecule has 1 saturated heterocycles. The van der Waals surface area contributed by atoms with E-state index in [4.69, 9.17) is 9.40 Å². The standard InChI is InChI=1S/C18H23N5O2S/c1-10(2)7-13-9-26-17-14(13)15(19-11(3)20-17)23-6-4-5-12(8-23)16-21-22-18(24)25-16/h9-10,12H,4-8H2,1-3H3,(H,22,24)/t12-/m0/s1. The zero-order valence-corrected chi connectivity index (χ0v) is 16.1. The molecule has 4 rings (SSSR count). The Labute approximate surface area is 155 Å². The zero-order chi connectivity index (χ0) is 18.3. The van der Waals surface area contributed by atoms with Gasteiger partial charge in [-0.25, -0.2) is 19.9 Å². The van der Waals surface area contributed by atoms with E-state index in [1.165, 1.54) is 10.9 Å². The molecule has 0 unspecified atom stereocenters. The minimum atomic E-state index is -0.491. The van der Waals surface area contributed by atoms with Crippen LogP contribution in [0.5, 0.6) is 0 Å². The molecule has 7 nitrogen and oxygen atoms in total. The Morgan fingerprint density at radius 1 is 1.42 bits per heavy atom. The van der Waals surface area contributed by atoms with Gasteiger partial charge in [0.25, 0.3) is 0 Å². The molecule has 26 heavy (non-hydrogen) atoms. The van der Waals surface area contributed by atoms with Crippen molar-refractivity contribution in [2.75, 3.05) is 18.0 Å². The average molecular weight is 373 g/mol. The van der Waals surface area contributed by atoms with Gasteiger partial charge in [0.1, 0.15) is 16.5 Å². The van der Waals surface area contributed by atoms with E-state index in [2.05, 4.69) is 39.3 Å². The number of nitrogens with zero attached hydrogens (tertiary/aromatic N) is 4. The summed E-state index contributed by atoms with van der Waals surface area (Å²) in [5.41, 5.74) is 1.32. The van der Waals surface area contributed by atoms with Crippen molar-refractivity contribution in [1.29, 1.82) is 0 Å². The highest BCUT2D eigenvalue weighted by atomic mass is 32.1. The summed E-state index contributed by atoms with van der Waals surface area (Å²) in [6, 6.07) is 0. The topological polar surface area (TPSA) is 87.9 Å². The van der Waals surface area contributed by atoms with Crippen LogP contribution in [0.2, 0.25) is 0 Å². The van der Waals surface area contributed by atoms with Crippen molar-refractivity contribution in [2.45, 2.75) is 46.0 Å². The lowest BCUT2D eigenvalue weighted by atomic mass is 9.97. The fourth-order valence-electron chi connectivity index (χ4n) is 3.69. The van der Waals surface area contributed by atoms with E-state index >= 15 is 0 Å². The van der Waals surface area contributed by atoms with E-state index in [0.717, 1.165) is 48.8 Å². The number of aromatic nitrogens is 4. The van der Waals surface area contributed by atoms with Gasteiger partial charge in [0.05, 0.1) is 11.3 Å². The van der Waals surface area contributed by atoms with Crippen LogP contribution in [0.1, 0.15) is 49.9 Å². The number of piperidine rings is 1. The molecule has 0 radical (unpaired) electrons. The van der Waals surface area contributed by atoms with Gasteiger partial charge in [-0.15, -0.1) is 16.4 Å². The van der Waals surface area contributed by atoms with Gasteiger partial charge in [0.2, 0.25) is 5.89 Å². The second kappa shape index (κ2) is 6.83. The number of hydrogen-bond acceptors (Lipinski definition) is 7. The van der Waals surface area contributed by atoms with Gasteiger partial charge in [-0.1, -0.05) is 13.8 Å². The zero-order valence-electron chi connectivity index (χ0n) is 15.3. The smallest absolute Gasteiger partial charge is 0.392 e. The third kappa shape index (κ3) is 3.25. The summed E-state index contributed by atoms with van der Waals surface area (Å²) in [6.07, 6.45) is 2.99. The summed E-state index contributed by atoms with van der Waals surface area (Å²) in [6.45, 7) is 8.09. The predicted molar refractivity (Wildman–Crippen MR) is 102 cm³/mol. The molecule has 0 amide bonds. The molecule has 1 atom stereocenters. The Morgan fingerprint density at radius 3 is 3.00 bits per heavy atom. The molecule has 1 aliphatic heterocycles. The van der Waals surface area contributed by atoms with Crippen molar-refractivity contribution in [3.05, 3.63) is 33.2 Å². The van der Waals surface area contributed by atoms with Crippen LogP contribution in [0.3, 0.4) is 0 Å². The van der Waals surface area contributed by atoms with E-state index in [-0.39, 0.29) is 5.92 Å². The SMILES string of the molecule is Cc1nc(N2CCC[C@H](c3n[nH]c(=O)o3)C2)c2c(CC(C)C)csc2n1. The number of fused-ring (bicyclic) bond motifs is 1. The number of nitrogens with one attached hydrogen (secondary N) is 1. The van der Waals surface area contributed by atoms with Crippen molar-refractivity contribution < 1.29 is 4.42 Å². The highest BCUT2D eigenvalue weighted by Crippen LogP contribution is 2.36. The summed E-state index contributed by atoms with van der Waals surface area (Å²) in [4.78, 5) is 24.1. The molecule has 138 valence electrons. The summed E-state index contributed by atoms with van der Waals surface area (Å²) < 4.78 is 5.20. The highest BCUT2D eigenvalue weighted by molar-refractivity contribution is 7.17. The van der Waals surface area contributed by atoms with Crippen LogP contribution in [-0.4, -0.2) is 33.3 Å². The molecule has 3 aromatic rings. The number of rotatable bonds is 4. The molecule has 1 N–H and O–H groups in total. The summed E-state index contributed by atoms with van der Waals surface area (Å²) >= 11 is 1.69. The molecule has 0 spiro atoms. The second-order valence-corrected chi connectivity index (χ2v) is 8.23. The van der Waals surface area contributed by atoms with E-state index < -0.39 is 5.76 Å². The summed E-state index contributed by atoms with van der Waals surface area (Å²) in [5.74, 6) is 2.48. The van der Waals surface area contributed by atoms with Crippen molar-refractivity contribution in [1.82, 2.24) is 20.2 Å². The highest BCUT2D eigenvalue weighted by Gasteiger charge is 2.28. The van der Waals surface area contributed by atoms with Gasteiger partial charge < -0.3 is 9.32 Å². The molecule has 0 aromatic carbocycles. The quantitative estimate of drug-likeness (QED) is 0.755. The van der Waals surface area contributed by atoms with Gasteiger partial charge in [-0.3, -0.25) is 0 Å². The van der Waals surface area contributed by atoms with Crippen molar-refractivity contribution >= 4 is 27.4 Å². The molecule has 3 aromatic heterocycles. The maximum atomic E-state index is 11.3. The van der Waals surface area contributed by atoms with Crippen LogP contribution in [0.15, 0.2) is 14.6 Å². The molecule has 0 bridgehead atoms. The number of anilines is 1.